The normalized spacial score (nSPS) is 17.2. The van der Waals surface area contributed by atoms with Crippen LogP contribution in [0.2, 0.25) is 0 Å². The molecule has 7 nitrogen and oxygen atoms in total. The highest BCUT2D eigenvalue weighted by molar-refractivity contribution is 7.89. The van der Waals surface area contributed by atoms with Crippen LogP contribution in [0.5, 0.6) is 0 Å². The summed E-state index contributed by atoms with van der Waals surface area (Å²) in [5, 5.41) is 19.3. The van der Waals surface area contributed by atoms with Crippen molar-refractivity contribution in [3.05, 3.63) is 34.1 Å². The molecule has 9 heteroatoms. The number of nitro benzene ring substituents is 1. The van der Waals surface area contributed by atoms with Crippen LogP contribution >= 0.6 is 0 Å². The summed E-state index contributed by atoms with van der Waals surface area (Å²) in [4.78, 5) is 9.06. The Morgan fingerprint density at radius 1 is 1.47 bits per heavy atom. The van der Waals surface area contributed by atoms with E-state index in [0.29, 0.717) is 6.07 Å². The molecular formula is C10H11FN2O5S. The van der Waals surface area contributed by atoms with Gasteiger partial charge >= 0.3 is 0 Å². The molecule has 1 aromatic rings. The van der Waals surface area contributed by atoms with Gasteiger partial charge in [0.2, 0.25) is 10.0 Å². The van der Waals surface area contributed by atoms with Crippen LogP contribution in [-0.4, -0.2) is 42.4 Å². The number of hydrogen-bond acceptors (Lipinski definition) is 5. The Bertz CT molecular complexity index is 612. The van der Waals surface area contributed by atoms with E-state index in [1.54, 1.807) is 0 Å². The molecule has 0 radical (unpaired) electrons. The smallest absolute Gasteiger partial charge is 0.272 e. The second-order valence-corrected chi connectivity index (χ2v) is 6.15. The lowest BCUT2D eigenvalue weighted by Gasteiger charge is -2.36. The maximum Gasteiger partial charge on any atom is 0.272 e. The summed E-state index contributed by atoms with van der Waals surface area (Å²) < 4.78 is 38.7. The van der Waals surface area contributed by atoms with Gasteiger partial charge in [-0.05, 0) is 6.07 Å². The van der Waals surface area contributed by atoms with Gasteiger partial charge < -0.3 is 5.11 Å². The third-order valence-corrected chi connectivity index (χ3v) is 4.79. The van der Waals surface area contributed by atoms with Crippen LogP contribution < -0.4 is 0 Å². The van der Waals surface area contributed by atoms with Crippen LogP contribution in [0.25, 0.3) is 0 Å². The number of aliphatic hydroxyl groups excluding tert-OH is 1. The Kier molecular flexibility index (Phi) is 3.52. The lowest BCUT2D eigenvalue weighted by atomic mass is 10.1. The Hall–Kier alpha value is -1.58. The molecule has 0 spiro atoms. The van der Waals surface area contributed by atoms with E-state index in [9.17, 15) is 22.9 Å². The monoisotopic (exact) mass is 290 g/mol. The highest BCUT2D eigenvalue weighted by atomic mass is 32.2. The molecule has 2 rings (SSSR count). The molecule has 0 unspecified atom stereocenters. The van der Waals surface area contributed by atoms with E-state index in [0.717, 1.165) is 16.4 Å². The second kappa shape index (κ2) is 4.83. The number of hydrogen-bond donors (Lipinski definition) is 1. The molecule has 19 heavy (non-hydrogen) atoms. The van der Waals surface area contributed by atoms with Crippen molar-refractivity contribution in [2.75, 3.05) is 19.7 Å². The Morgan fingerprint density at radius 2 is 2.11 bits per heavy atom. The number of halogens is 1. The van der Waals surface area contributed by atoms with Crippen molar-refractivity contribution in [3.8, 4) is 0 Å². The first-order valence-electron chi connectivity index (χ1n) is 5.41. The zero-order chi connectivity index (χ0) is 14.2. The number of rotatable bonds is 4. The third kappa shape index (κ3) is 2.44. The Labute approximate surface area is 108 Å². The van der Waals surface area contributed by atoms with E-state index in [1.165, 1.54) is 0 Å². The first kappa shape index (κ1) is 13.8. The minimum Gasteiger partial charge on any atom is -0.396 e. The van der Waals surface area contributed by atoms with Gasteiger partial charge in [-0.25, -0.2) is 12.8 Å². The quantitative estimate of drug-likeness (QED) is 0.637. The van der Waals surface area contributed by atoms with Gasteiger partial charge in [-0.3, -0.25) is 10.1 Å². The zero-order valence-corrected chi connectivity index (χ0v) is 10.5. The highest BCUT2D eigenvalue weighted by Crippen LogP contribution is 2.28. The van der Waals surface area contributed by atoms with Gasteiger partial charge in [0.05, 0.1) is 11.0 Å². The Morgan fingerprint density at radius 3 is 2.58 bits per heavy atom. The molecule has 1 saturated heterocycles. The maximum atomic E-state index is 13.6. The minimum atomic E-state index is -3.99. The fraction of sp³-hybridized carbons (Fsp3) is 0.400. The van der Waals surface area contributed by atoms with Crippen LogP contribution in [0.3, 0.4) is 0 Å². The van der Waals surface area contributed by atoms with E-state index >= 15 is 0 Å². The van der Waals surface area contributed by atoms with Crippen molar-refractivity contribution in [1.82, 2.24) is 4.31 Å². The first-order chi connectivity index (χ1) is 8.86. The van der Waals surface area contributed by atoms with Gasteiger partial charge in [0.1, 0.15) is 10.7 Å². The molecule has 0 bridgehead atoms. The van der Waals surface area contributed by atoms with Gasteiger partial charge in [-0.1, -0.05) is 0 Å². The number of nitrogens with zero attached hydrogens (tertiary/aromatic N) is 2. The molecule has 1 N–H and O–H groups in total. The maximum absolute atomic E-state index is 13.6. The van der Waals surface area contributed by atoms with Gasteiger partial charge in [0, 0.05) is 31.7 Å². The zero-order valence-electron chi connectivity index (χ0n) is 9.69. The number of aliphatic hydroxyl groups is 1. The molecule has 1 fully saturated rings. The largest absolute Gasteiger partial charge is 0.396 e. The van der Waals surface area contributed by atoms with Gasteiger partial charge in [-0.15, -0.1) is 0 Å². The lowest BCUT2D eigenvalue weighted by Crippen LogP contribution is -2.51. The van der Waals surface area contributed by atoms with Gasteiger partial charge in [0.25, 0.3) is 5.69 Å². The number of sulfonamides is 1. The summed E-state index contributed by atoms with van der Waals surface area (Å²) in [6, 6.07) is 2.41. The molecule has 1 aliphatic rings. The van der Waals surface area contributed by atoms with E-state index in [-0.39, 0.29) is 25.6 Å². The van der Waals surface area contributed by atoms with E-state index in [2.05, 4.69) is 0 Å². The molecule has 1 aromatic carbocycles. The summed E-state index contributed by atoms with van der Waals surface area (Å²) in [7, 11) is -3.99. The van der Waals surface area contributed by atoms with Gasteiger partial charge in [0.15, 0.2) is 0 Å². The summed E-state index contributed by atoms with van der Waals surface area (Å²) in [5.74, 6) is -1.29. The average Bonchev–Trinajstić information content (AvgIpc) is 2.26. The molecule has 0 aromatic heterocycles. The summed E-state index contributed by atoms with van der Waals surface area (Å²) in [5.41, 5.74) is -0.506. The van der Waals surface area contributed by atoms with E-state index < -0.39 is 31.3 Å². The Balaban J connectivity index is 2.29. The van der Waals surface area contributed by atoms with E-state index in [1.807, 2.05) is 0 Å². The predicted octanol–water partition coefficient (Wildman–Crippen LogP) is 0.347. The average molecular weight is 290 g/mol. The van der Waals surface area contributed by atoms with E-state index in [4.69, 9.17) is 5.11 Å². The van der Waals surface area contributed by atoms with Crippen molar-refractivity contribution < 1.29 is 22.8 Å². The molecule has 0 atom stereocenters. The van der Waals surface area contributed by atoms with Gasteiger partial charge in [-0.2, -0.15) is 4.31 Å². The van der Waals surface area contributed by atoms with Crippen molar-refractivity contribution >= 4 is 15.7 Å². The fourth-order valence-corrected chi connectivity index (χ4v) is 3.42. The fourth-order valence-electron chi connectivity index (χ4n) is 1.79. The summed E-state index contributed by atoms with van der Waals surface area (Å²) in [6.45, 7) is 0.110. The SMILES string of the molecule is O=[N+]([O-])c1ccc(S(=O)(=O)N2CC(CO)C2)c(F)c1. The molecular weight excluding hydrogens is 279 g/mol. The molecule has 0 aliphatic carbocycles. The molecule has 0 amide bonds. The van der Waals surface area contributed by atoms with Crippen LogP contribution in [0, 0.1) is 21.8 Å². The highest BCUT2D eigenvalue weighted by Gasteiger charge is 2.37. The first-order valence-corrected chi connectivity index (χ1v) is 6.85. The molecule has 104 valence electrons. The summed E-state index contributed by atoms with van der Waals surface area (Å²) in [6.07, 6.45) is 0. The number of nitro groups is 1. The molecule has 1 heterocycles. The predicted molar refractivity (Wildman–Crippen MR) is 62.4 cm³/mol. The molecule has 1 aliphatic heterocycles. The topological polar surface area (TPSA) is 101 Å². The number of non-ortho nitro benzene ring substituents is 1. The van der Waals surface area contributed by atoms with Crippen molar-refractivity contribution in [2.24, 2.45) is 5.92 Å². The third-order valence-electron chi connectivity index (χ3n) is 2.93. The van der Waals surface area contributed by atoms with Crippen molar-refractivity contribution in [1.29, 1.82) is 0 Å². The lowest BCUT2D eigenvalue weighted by molar-refractivity contribution is -0.385. The molecule has 0 saturated carbocycles. The number of benzene rings is 1. The van der Waals surface area contributed by atoms with Crippen LogP contribution in [0.1, 0.15) is 0 Å². The van der Waals surface area contributed by atoms with Crippen LogP contribution in [0.4, 0.5) is 10.1 Å². The van der Waals surface area contributed by atoms with Crippen LogP contribution in [-0.2, 0) is 10.0 Å². The summed E-state index contributed by atoms with van der Waals surface area (Å²) >= 11 is 0. The second-order valence-electron chi connectivity index (χ2n) is 4.24. The minimum absolute atomic E-state index is 0.120. The van der Waals surface area contributed by atoms with Crippen LogP contribution in [0.15, 0.2) is 23.1 Å². The van der Waals surface area contributed by atoms with Crippen molar-refractivity contribution in [3.63, 3.8) is 0 Å². The van der Waals surface area contributed by atoms with Crippen molar-refractivity contribution in [2.45, 2.75) is 4.90 Å². The standard InChI is InChI=1S/C10H11FN2O5S/c11-9-3-8(13(15)16)1-2-10(9)19(17,18)12-4-7(5-12)6-14/h1-3,7,14H,4-6H2.